The Morgan fingerprint density at radius 3 is 2.50 bits per heavy atom. The third-order valence-corrected chi connectivity index (χ3v) is 1.53. The maximum Gasteiger partial charge on any atom is 0.0238 e. The predicted molar refractivity (Wildman–Crippen MR) is 42.9 cm³/mol. The molecule has 0 saturated heterocycles. The predicted octanol–water partition coefficient (Wildman–Crippen LogP) is 2.09. The molecule has 0 aromatic heterocycles. The van der Waals surface area contributed by atoms with Crippen molar-refractivity contribution in [2.75, 3.05) is 13.1 Å². The molecule has 0 fully saturated rings. The van der Waals surface area contributed by atoms with E-state index >= 15 is 0 Å². The molecule has 1 N–H and O–H groups in total. The fourth-order valence-electron chi connectivity index (χ4n) is 0.806. The summed E-state index contributed by atoms with van der Waals surface area (Å²) in [5.41, 5.74) is 0. The minimum Gasteiger partial charge on any atom is -0.314 e. The summed E-state index contributed by atoms with van der Waals surface area (Å²) in [6, 6.07) is 0. The minimum atomic E-state index is 0.727. The first-order chi connectivity index (χ1) is 4.81. The second kappa shape index (κ2) is 7.03. The highest BCUT2D eigenvalue weighted by Gasteiger charge is 1.94. The molecule has 0 aliphatic heterocycles. The van der Waals surface area contributed by atoms with Crippen molar-refractivity contribution >= 4 is 0 Å². The lowest BCUT2D eigenvalue weighted by Gasteiger charge is -2.10. The average Bonchev–Trinajstić information content (AvgIpc) is 1.98. The highest BCUT2D eigenvalue weighted by Crippen LogP contribution is 1.98. The summed E-state index contributed by atoms with van der Waals surface area (Å²) in [6.45, 7) is 7.22. The quantitative estimate of drug-likeness (QED) is 0.456. The summed E-state index contributed by atoms with van der Waals surface area (Å²) in [4.78, 5) is 0. The number of hydroxylamine groups is 2. The fourth-order valence-corrected chi connectivity index (χ4v) is 0.806. The monoisotopic (exact) mass is 144 g/mol. The van der Waals surface area contributed by atoms with Crippen molar-refractivity contribution in [3.63, 3.8) is 0 Å². The van der Waals surface area contributed by atoms with Gasteiger partial charge in [0.1, 0.15) is 0 Å². The lowest BCUT2D eigenvalue weighted by Crippen LogP contribution is -2.19. The Morgan fingerprint density at radius 1 is 1.30 bits per heavy atom. The zero-order valence-corrected chi connectivity index (χ0v) is 6.84. The van der Waals surface area contributed by atoms with Gasteiger partial charge in [0.2, 0.25) is 0 Å². The number of unbranched alkanes of at least 4 members (excludes halogenated alkanes) is 3. The van der Waals surface area contributed by atoms with Gasteiger partial charge in [-0.05, 0) is 6.42 Å². The van der Waals surface area contributed by atoms with Crippen LogP contribution in [0.3, 0.4) is 0 Å². The molecule has 0 heterocycles. The molecule has 2 nitrogen and oxygen atoms in total. The molecule has 0 spiro atoms. The van der Waals surface area contributed by atoms with Crippen molar-refractivity contribution in [3.8, 4) is 0 Å². The van der Waals surface area contributed by atoms with Crippen LogP contribution in [0, 0.1) is 6.92 Å². The van der Waals surface area contributed by atoms with Crippen LogP contribution < -0.4 is 0 Å². The van der Waals surface area contributed by atoms with Crippen LogP contribution in [-0.4, -0.2) is 23.4 Å². The second-order valence-electron chi connectivity index (χ2n) is 2.46. The molecule has 61 valence electrons. The highest BCUT2D eigenvalue weighted by atomic mass is 16.5. The molecule has 0 unspecified atom stereocenters. The van der Waals surface area contributed by atoms with E-state index in [9.17, 15) is 0 Å². The van der Waals surface area contributed by atoms with Crippen molar-refractivity contribution in [3.05, 3.63) is 6.92 Å². The number of nitrogens with zero attached hydrogens (tertiary/aromatic N) is 1. The molecule has 0 amide bonds. The largest absolute Gasteiger partial charge is 0.314 e. The normalized spacial score (nSPS) is 10.8. The Hall–Kier alpha value is -0.0800. The van der Waals surface area contributed by atoms with Crippen LogP contribution in [-0.2, 0) is 0 Å². The SMILES string of the molecule is [CH2]CCCCCN(O)CC. The van der Waals surface area contributed by atoms with E-state index in [1.54, 1.807) is 0 Å². The van der Waals surface area contributed by atoms with Crippen LogP contribution in [0.2, 0.25) is 0 Å². The summed E-state index contributed by atoms with van der Waals surface area (Å²) in [6.07, 6.45) is 4.45. The molecule has 0 aliphatic carbocycles. The van der Waals surface area contributed by atoms with Gasteiger partial charge in [-0.1, -0.05) is 33.1 Å². The Labute approximate surface area is 63.8 Å². The molecule has 2 heteroatoms. The molecule has 0 aromatic carbocycles. The van der Waals surface area contributed by atoms with Gasteiger partial charge in [-0.3, -0.25) is 0 Å². The molecular weight excluding hydrogens is 126 g/mol. The Kier molecular flexibility index (Phi) is 6.98. The van der Waals surface area contributed by atoms with Gasteiger partial charge in [-0.25, -0.2) is 0 Å². The molecule has 0 rings (SSSR count). The first-order valence-corrected chi connectivity index (χ1v) is 4.04. The van der Waals surface area contributed by atoms with Crippen molar-refractivity contribution in [2.24, 2.45) is 0 Å². The van der Waals surface area contributed by atoms with Crippen LogP contribution in [0.5, 0.6) is 0 Å². The van der Waals surface area contributed by atoms with E-state index in [1.165, 1.54) is 17.9 Å². The molecule has 0 saturated carbocycles. The van der Waals surface area contributed by atoms with Crippen LogP contribution in [0.4, 0.5) is 0 Å². The smallest absolute Gasteiger partial charge is 0.0238 e. The molecule has 1 radical (unpaired) electrons. The van der Waals surface area contributed by atoms with Crippen LogP contribution in [0.15, 0.2) is 0 Å². The van der Waals surface area contributed by atoms with E-state index in [2.05, 4.69) is 6.92 Å². The van der Waals surface area contributed by atoms with Gasteiger partial charge in [0.15, 0.2) is 0 Å². The van der Waals surface area contributed by atoms with Crippen LogP contribution in [0.25, 0.3) is 0 Å². The van der Waals surface area contributed by atoms with E-state index in [4.69, 9.17) is 5.21 Å². The maximum atomic E-state index is 8.97. The van der Waals surface area contributed by atoms with Crippen molar-refractivity contribution in [2.45, 2.75) is 32.6 Å². The van der Waals surface area contributed by atoms with Gasteiger partial charge in [0.05, 0.1) is 0 Å². The second-order valence-corrected chi connectivity index (χ2v) is 2.46. The van der Waals surface area contributed by atoms with Gasteiger partial charge in [0, 0.05) is 13.1 Å². The highest BCUT2D eigenvalue weighted by molar-refractivity contribution is 4.46. The molecule has 0 aromatic rings. The summed E-state index contributed by atoms with van der Waals surface area (Å²) in [5, 5.41) is 10.3. The topological polar surface area (TPSA) is 23.5 Å². The van der Waals surface area contributed by atoms with Gasteiger partial charge < -0.3 is 5.21 Å². The summed E-state index contributed by atoms with van der Waals surface area (Å²) >= 11 is 0. The Morgan fingerprint density at radius 2 is 2.00 bits per heavy atom. The fraction of sp³-hybridized carbons (Fsp3) is 0.875. The van der Waals surface area contributed by atoms with Crippen molar-refractivity contribution in [1.82, 2.24) is 5.06 Å². The minimum absolute atomic E-state index is 0.727. The van der Waals surface area contributed by atoms with Gasteiger partial charge in [-0.2, -0.15) is 5.06 Å². The molecule has 0 bridgehead atoms. The van der Waals surface area contributed by atoms with Gasteiger partial charge in [0.25, 0.3) is 0 Å². The third-order valence-electron chi connectivity index (χ3n) is 1.53. The van der Waals surface area contributed by atoms with Crippen molar-refractivity contribution in [1.29, 1.82) is 0 Å². The lowest BCUT2D eigenvalue weighted by molar-refractivity contribution is -0.0869. The Bertz CT molecular complexity index is 66.3. The van der Waals surface area contributed by atoms with Crippen LogP contribution in [0.1, 0.15) is 32.6 Å². The zero-order valence-electron chi connectivity index (χ0n) is 6.84. The average molecular weight is 144 g/mol. The number of rotatable bonds is 6. The van der Waals surface area contributed by atoms with Crippen molar-refractivity contribution < 1.29 is 5.21 Å². The summed E-state index contributed by atoms with van der Waals surface area (Å²) < 4.78 is 0. The molecule has 0 aliphatic rings. The summed E-state index contributed by atoms with van der Waals surface area (Å²) in [7, 11) is 0. The van der Waals surface area contributed by atoms with E-state index in [0.717, 1.165) is 25.9 Å². The lowest BCUT2D eigenvalue weighted by atomic mass is 10.2. The zero-order chi connectivity index (χ0) is 7.82. The van der Waals surface area contributed by atoms with Crippen LogP contribution >= 0.6 is 0 Å². The first kappa shape index (κ1) is 9.92. The van der Waals surface area contributed by atoms with E-state index in [1.807, 2.05) is 6.92 Å². The van der Waals surface area contributed by atoms with E-state index in [-0.39, 0.29) is 0 Å². The van der Waals surface area contributed by atoms with E-state index < -0.39 is 0 Å². The molecule has 0 atom stereocenters. The number of hydrogen-bond donors (Lipinski definition) is 1. The maximum absolute atomic E-state index is 8.97. The molecular formula is C8H18NO. The third kappa shape index (κ3) is 6.05. The van der Waals surface area contributed by atoms with E-state index in [0.29, 0.717) is 0 Å². The van der Waals surface area contributed by atoms with Gasteiger partial charge >= 0.3 is 0 Å². The first-order valence-electron chi connectivity index (χ1n) is 4.04. The van der Waals surface area contributed by atoms with Gasteiger partial charge in [-0.15, -0.1) is 0 Å². The summed E-state index contributed by atoms with van der Waals surface area (Å²) in [5.74, 6) is 0. The molecule has 10 heavy (non-hydrogen) atoms. The Balaban J connectivity index is 2.89. The number of hydrogen-bond acceptors (Lipinski definition) is 2. The standard InChI is InChI=1S/C8H18NO/c1-3-5-6-7-8-9(10)4-2/h10H,1,3-8H2,2H3.